The Hall–Kier alpha value is -4.30. The maximum absolute atomic E-state index is 12.7. The number of para-hydroxylation sites is 1. The van der Waals surface area contributed by atoms with Crippen LogP contribution in [0.5, 0.6) is 0 Å². The van der Waals surface area contributed by atoms with E-state index in [0.717, 1.165) is 20.8 Å². The number of nitro groups is 1. The van der Waals surface area contributed by atoms with Gasteiger partial charge in [0, 0.05) is 28.9 Å². The van der Waals surface area contributed by atoms with Crippen molar-refractivity contribution in [2.24, 2.45) is 0 Å². The molecule has 0 spiro atoms. The molecule has 5 rings (SSSR count). The molecule has 0 saturated heterocycles. The number of furan rings is 1. The lowest BCUT2D eigenvalue weighted by atomic mass is 10.1. The van der Waals surface area contributed by atoms with Crippen LogP contribution >= 0.6 is 11.3 Å². The number of aromatic nitrogens is 1. The van der Waals surface area contributed by atoms with Gasteiger partial charge < -0.3 is 9.73 Å². The minimum Gasteiger partial charge on any atom is -0.451 e. The van der Waals surface area contributed by atoms with Gasteiger partial charge in [0.05, 0.1) is 15.1 Å². The average Bonchev–Trinajstić information content (AvgIpc) is 3.47. The lowest BCUT2D eigenvalue weighted by molar-refractivity contribution is -0.384. The summed E-state index contributed by atoms with van der Waals surface area (Å²) in [5.74, 6) is 0.0714. The minimum absolute atomic E-state index is 0.0448. The van der Waals surface area contributed by atoms with Crippen LogP contribution in [0.2, 0.25) is 0 Å². The Kier molecular flexibility index (Phi) is 4.97. The van der Waals surface area contributed by atoms with Crippen molar-refractivity contribution < 1.29 is 14.1 Å². The first-order valence-electron chi connectivity index (χ1n) is 9.69. The summed E-state index contributed by atoms with van der Waals surface area (Å²) in [5, 5.41) is 14.7. The van der Waals surface area contributed by atoms with Crippen LogP contribution in [0.4, 0.5) is 11.4 Å². The molecule has 0 aliphatic rings. The molecular formula is C24H15N3O4S. The van der Waals surface area contributed by atoms with Crippen molar-refractivity contribution in [2.45, 2.75) is 0 Å². The zero-order chi connectivity index (χ0) is 22.1. The molecule has 0 fully saturated rings. The second-order valence-electron chi connectivity index (χ2n) is 6.99. The highest BCUT2D eigenvalue weighted by Crippen LogP contribution is 2.31. The Morgan fingerprint density at radius 2 is 1.75 bits per heavy atom. The van der Waals surface area contributed by atoms with E-state index in [1.54, 1.807) is 41.7 Å². The van der Waals surface area contributed by atoms with Gasteiger partial charge in [-0.3, -0.25) is 14.9 Å². The molecule has 0 aliphatic carbocycles. The Bertz CT molecular complexity index is 1440. The predicted octanol–water partition coefficient (Wildman–Crippen LogP) is 6.38. The van der Waals surface area contributed by atoms with Crippen LogP contribution in [-0.2, 0) is 0 Å². The number of fused-ring (bicyclic) bond motifs is 1. The van der Waals surface area contributed by atoms with Gasteiger partial charge in [-0.25, -0.2) is 4.98 Å². The fourth-order valence-corrected chi connectivity index (χ4v) is 4.27. The zero-order valence-electron chi connectivity index (χ0n) is 16.5. The van der Waals surface area contributed by atoms with E-state index in [1.807, 2.05) is 42.5 Å². The first-order valence-corrected chi connectivity index (χ1v) is 10.5. The maximum Gasteiger partial charge on any atom is 0.291 e. The Morgan fingerprint density at radius 1 is 0.938 bits per heavy atom. The summed E-state index contributed by atoms with van der Waals surface area (Å²) in [6.07, 6.45) is 0. The van der Waals surface area contributed by atoms with Crippen molar-refractivity contribution in [1.82, 2.24) is 4.98 Å². The summed E-state index contributed by atoms with van der Waals surface area (Å²) < 4.78 is 6.75. The first-order chi connectivity index (χ1) is 15.6. The summed E-state index contributed by atoms with van der Waals surface area (Å²) in [7, 11) is 0. The summed E-state index contributed by atoms with van der Waals surface area (Å²) in [6, 6.07) is 24.6. The topological polar surface area (TPSA) is 98.3 Å². The van der Waals surface area contributed by atoms with Crippen LogP contribution in [0.25, 0.3) is 32.1 Å². The van der Waals surface area contributed by atoms with Gasteiger partial charge in [-0.1, -0.05) is 36.4 Å². The van der Waals surface area contributed by atoms with Gasteiger partial charge in [0.25, 0.3) is 11.6 Å². The molecule has 0 radical (unpaired) electrons. The fourth-order valence-electron chi connectivity index (χ4n) is 3.31. The van der Waals surface area contributed by atoms with E-state index in [4.69, 9.17) is 4.42 Å². The highest BCUT2D eigenvalue weighted by Gasteiger charge is 2.15. The molecule has 3 aromatic carbocycles. The highest BCUT2D eigenvalue weighted by atomic mass is 32.1. The molecule has 2 aromatic heterocycles. The summed E-state index contributed by atoms with van der Waals surface area (Å²) in [4.78, 5) is 27.9. The Balaban J connectivity index is 1.36. The van der Waals surface area contributed by atoms with Crippen LogP contribution in [0, 0.1) is 10.1 Å². The summed E-state index contributed by atoms with van der Waals surface area (Å²) in [5.41, 5.74) is 2.93. The number of thiazole rings is 1. The van der Waals surface area contributed by atoms with E-state index < -0.39 is 10.8 Å². The predicted molar refractivity (Wildman–Crippen MR) is 124 cm³/mol. The number of amides is 1. The molecule has 0 atom stereocenters. The van der Waals surface area contributed by atoms with Crippen molar-refractivity contribution in [3.05, 3.63) is 101 Å². The molecular weight excluding hydrogens is 426 g/mol. The van der Waals surface area contributed by atoms with E-state index in [1.165, 1.54) is 12.1 Å². The summed E-state index contributed by atoms with van der Waals surface area (Å²) >= 11 is 1.59. The molecule has 32 heavy (non-hydrogen) atoms. The third kappa shape index (κ3) is 3.86. The van der Waals surface area contributed by atoms with Crippen molar-refractivity contribution in [1.29, 1.82) is 0 Å². The van der Waals surface area contributed by atoms with Crippen LogP contribution in [0.15, 0.2) is 89.3 Å². The van der Waals surface area contributed by atoms with Crippen molar-refractivity contribution in [3.63, 3.8) is 0 Å². The third-order valence-corrected chi connectivity index (χ3v) is 5.92. The van der Waals surface area contributed by atoms with Gasteiger partial charge in [0.1, 0.15) is 10.8 Å². The quantitative estimate of drug-likeness (QED) is 0.252. The molecule has 2 heterocycles. The van der Waals surface area contributed by atoms with Gasteiger partial charge in [-0.05, 0) is 36.4 Å². The molecule has 8 heteroatoms. The van der Waals surface area contributed by atoms with Crippen molar-refractivity contribution in [2.75, 3.05) is 5.32 Å². The smallest absolute Gasteiger partial charge is 0.291 e. The van der Waals surface area contributed by atoms with E-state index in [0.29, 0.717) is 17.0 Å². The lowest BCUT2D eigenvalue weighted by Crippen LogP contribution is -2.10. The number of non-ortho nitro benzene ring substituents is 1. The number of carbonyl (C=O) groups excluding carboxylic acids is 1. The average molecular weight is 441 g/mol. The molecule has 0 bridgehead atoms. The molecule has 5 aromatic rings. The second kappa shape index (κ2) is 8.09. The number of carbonyl (C=O) groups is 1. The Labute approximate surface area is 186 Å². The largest absolute Gasteiger partial charge is 0.451 e. The lowest BCUT2D eigenvalue weighted by Gasteiger charge is -2.05. The minimum atomic E-state index is -0.474. The van der Waals surface area contributed by atoms with Gasteiger partial charge in [-0.2, -0.15) is 0 Å². The van der Waals surface area contributed by atoms with Gasteiger partial charge in [-0.15, -0.1) is 11.3 Å². The monoisotopic (exact) mass is 441 g/mol. The van der Waals surface area contributed by atoms with Gasteiger partial charge >= 0.3 is 0 Å². The SMILES string of the molecule is O=C(Nc1cccc(-c2nc3ccccc3s2)c1)c1ccc(-c2cccc([N+](=O)[O-])c2)o1. The standard InChI is InChI=1S/C24H15N3O4S/c28-23(21-12-11-20(31-21)15-5-4-8-18(14-15)27(29)30)25-17-7-3-6-16(13-17)24-26-19-9-1-2-10-22(19)32-24/h1-14H,(H,25,28). The number of nitrogens with one attached hydrogen (secondary N) is 1. The van der Waals surface area contributed by atoms with Crippen LogP contribution in [0.3, 0.4) is 0 Å². The highest BCUT2D eigenvalue weighted by molar-refractivity contribution is 7.21. The molecule has 0 unspecified atom stereocenters. The number of nitrogens with zero attached hydrogens (tertiary/aromatic N) is 2. The molecule has 7 nitrogen and oxygen atoms in total. The van der Waals surface area contributed by atoms with Crippen molar-refractivity contribution in [3.8, 4) is 21.9 Å². The second-order valence-corrected chi connectivity index (χ2v) is 8.02. The maximum atomic E-state index is 12.7. The number of hydrogen-bond acceptors (Lipinski definition) is 6. The number of nitro benzene ring substituents is 1. The number of rotatable bonds is 5. The van der Waals surface area contributed by atoms with Crippen LogP contribution in [0.1, 0.15) is 10.6 Å². The number of benzene rings is 3. The fraction of sp³-hybridized carbons (Fsp3) is 0. The molecule has 0 saturated carbocycles. The van der Waals surface area contributed by atoms with Crippen LogP contribution in [-0.4, -0.2) is 15.8 Å². The number of hydrogen-bond donors (Lipinski definition) is 1. The zero-order valence-corrected chi connectivity index (χ0v) is 17.3. The molecule has 0 aliphatic heterocycles. The normalized spacial score (nSPS) is 10.9. The van der Waals surface area contributed by atoms with Gasteiger partial charge in [0.2, 0.25) is 0 Å². The molecule has 1 N–H and O–H groups in total. The van der Waals surface area contributed by atoms with Crippen LogP contribution < -0.4 is 5.32 Å². The third-order valence-electron chi connectivity index (χ3n) is 4.83. The number of anilines is 1. The Morgan fingerprint density at radius 3 is 2.59 bits per heavy atom. The van der Waals surface area contributed by atoms with Crippen molar-refractivity contribution >= 4 is 38.8 Å². The van der Waals surface area contributed by atoms with E-state index in [9.17, 15) is 14.9 Å². The van der Waals surface area contributed by atoms with Gasteiger partial charge in [0.15, 0.2) is 5.76 Å². The van der Waals surface area contributed by atoms with E-state index in [2.05, 4.69) is 10.3 Å². The summed E-state index contributed by atoms with van der Waals surface area (Å²) in [6.45, 7) is 0. The molecule has 156 valence electrons. The molecule has 1 amide bonds. The first kappa shape index (κ1) is 19.7. The van der Waals surface area contributed by atoms with E-state index >= 15 is 0 Å². The van der Waals surface area contributed by atoms with E-state index in [-0.39, 0.29) is 11.4 Å².